The van der Waals surface area contributed by atoms with Crippen LogP contribution in [0.5, 0.6) is 0 Å². The van der Waals surface area contributed by atoms with Gasteiger partial charge in [-0.2, -0.15) is 5.26 Å². The van der Waals surface area contributed by atoms with Gasteiger partial charge < -0.3 is 9.64 Å². The van der Waals surface area contributed by atoms with E-state index in [-0.39, 0.29) is 19.5 Å². The van der Waals surface area contributed by atoms with Crippen LogP contribution >= 0.6 is 0 Å². The largest absolute Gasteiger partial charge is 0.444 e. The summed E-state index contributed by atoms with van der Waals surface area (Å²) in [7, 11) is 0. The molecule has 0 aromatic rings. The second-order valence-corrected chi connectivity index (χ2v) is 4.73. The molecule has 5 heteroatoms. The van der Waals surface area contributed by atoms with E-state index in [2.05, 4.69) is 0 Å². The molecule has 1 rings (SSSR count). The lowest BCUT2D eigenvalue weighted by atomic mass is 10.1. The van der Waals surface area contributed by atoms with Gasteiger partial charge in [-0.25, -0.2) is 9.18 Å². The van der Waals surface area contributed by atoms with Gasteiger partial charge in [0.1, 0.15) is 11.7 Å². The van der Waals surface area contributed by atoms with Gasteiger partial charge in [0.15, 0.2) is 0 Å². The van der Waals surface area contributed by atoms with Crippen molar-refractivity contribution in [1.82, 2.24) is 4.90 Å². The van der Waals surface area contributed by atoms with Gasteiger partial charge >= 0.3 is 6.09 Å². The first-order chi connectivity index (χ1) is 6.76. The van der Waals surface area contributed by atoms with Crippen molar-refractivity contribution >= 4 is 6.09 Å². The molecule has 0 radical (unpaired) electrons. The lowest BCUT2D eigenvalue weighted by Gasteiger charge is -2.24. The second-order valence-electron chi connectivity index (χ2n) is 4.73. The van der Waals surface area contributed by atoms with Gasteiger partial charge in [0.2, 0.25) is 5.67 Å². The Labute approximate surface area is 88.6 Å². The summed E-state index contributed by atoms with van der Waals surface area (Å²) in [4.78, 5) is 12.7. The van der Waals surface area contributed by atoms with Gasteiger partial charge in [-0.05, 0) is 20.8 Å². The van der Waals surface area contributed by atoms with Crippen LogP contribution in [0.25, 0.3) is 0 Å². The zero-order valence-corrected chi connectivity index (χ0v) is 9.21. The van der Waals surface area contributed by atoms with Crippen molar-refractivity contribution in [2.24, 2.45) is 0 Å². The van der Waals surface area contributed by atoms with E-state index in [4.69, 9.17) is 10.00 Å². The molecule has 1 aliphatic heterocycles. The predicted octanol–water partition coefficient (Wildman–Crippen LogP) is 1.86. The van der Waals surface area contributed by atoms with Gasteiger partial charge in [-0.3, -0.25) is 0 Å². The maximum absolute atomic E-state index is 13.5. The van der Waals surface area contributed by atoms with Crippen LogP contribution in [0.4, 0.5) is 9.18 Å². The number of nitrogens with zero attached hydrogens (tertiary/aromatic N) is 2. The fourth-order valence-corrected chi connectivity index (χ4v) is 1.35. The monoisotopic (exact) mass is 214 g/mol. The number of rotatable bonds is 0. The van der Waals surface area contributed by atoms with E-state index < -0.39 is 17.4 Å². The van der Waals surface area contributed by atoms with Crippen LogP contribution in [0.1, 0.15) is 27.2 Å². The zero-order valence-electron chi connectivity index (χ0n) is 9.21. The highest BCUT2D eigenvalue weighted by atomic mass is 19.1. The van der Waals surface area contributed by atoms with Crippen LogP contribution in [-0.2, 0) is 4.74 Å². The maximum Gasteiger partial charge on any atom is 0.410 e. The summed E-state index contributed by atoms with van der Waals surface area (Å²) in [5.41, 5.74) is -2.50. The third-order valence-corrected chi connectivity index (χ3v) is 2.07. The molecular weight excluding hydrogens is 199 g/mol. The van der Waals surface area contributed by atoms with Crippen molar-refractivity contribution in [2.75, 3.05) is 13.1 Å². The van der Waals surface area contributed by atoms with Gasteiger partial charge in [0.25, 0.3) is 0 Å². The molecule has 1 fully saturated rings. The summed E-state index contributed by atoms with van der Waals surface area (Å²) in [6.07, 6.45) is -0.500. The molecular formula is C10H15FN2O2. The van der Waals surface area contributed by atoms with Gasteiger partial charge in [0, 0.05) is 13.0 Å². The molecule has 0 spiro atoms. The average Bonchev–Trinajstić information content (AvgIpc) is 2.46. The smallest absolute Gasteiger partial charge is 0.410 e. The fourth-order valence-electron chi connectivity index (χ4n) is 1.35. The van der Waals surface area contributed by atoms with Crippen LogP contribution in [0.15, 0.2) is 0 Å². The normalized spacial score (nSPS) is 26.2. The molecule has 0 aromatic carbocycles. The van der Waals surface area contributed by atoms with Gasteiger partial charge in [-0.1, -0.05) is 0 Å². The molecule has 1 unspecified atom stereocenters. The Morgan fingerprint density at radius 3 is 2.60 bits per heavy atom. The number of ether oxygens (including phenoxy) is 1. The average molecular weight is 214 g/mol. The maximum atomic E-state index is 13.5. The third kappa shape index (κ3) is 3.08. The molecule has 1 amide bonds. The van der Waals surface area contributed by atoms with E-state index in [9.17, 15) is 9.18 Å². The molecule has 0 bridgehead atoms. The van der Waals surface area contributed by atoms with Crippen LogP contribution < -0.4 is 0 Å². The molecule has 0 saturated carbocycles. The van der Waals surface area contributed by atoms with Crippen molar-refractivity contribution < 1.29 is 13.9 Å². The number of hydrogen-bond donors (Lipinski definition) is 0. The fraction of sp³-hybridized carbons (Fsp3) is 0.800. The standard InChI is InChI=1S/C10H15FN2O2/c1-9(2,3)15-8(14)13-5-4-10(11,6-12)7-13/h4-5,7H2,1-3H3. The summed E-state index contributed by atoms with van der Waals surface area (Å²) in [5, 5.41) is 8.55. The SMILES string of the molecule is CC(C)(C)OC(=O)N1CCC(F)(C#N)C1. The summed E-state index contributed by atoms with van der Waals surface area (Å²) in [6, 6.07) is 1.57. The van der Waals surface area contributed by atoms with Crippen LogP contribution in [0.3, 0.4) is 0 Å². The van der Waals surface area contributed by atoms with Crippen molar-refractivity contribution in [3.8, 4) is 6.07 Å². The summed E-state index contributed by atoms with van der Waals surface area (Å²) >= 11 is 0. The minimum absolute atomic E-state index is 0.0583. The number of halogens is 1. The highest BCUT2D eigenvalue weighted by Gasteiger charge is 2.41. The number of alkyl halides is 1. The van der Waals surface area contributed by atoms with E-state index >= 15 is 0 Å². The molecule has 1 heterocycles. The molecule has 15 heavy (non-hydrogen) atoms. The van der Waals surface area contributed by atoms with Gasteiger partial charge in [-0.15, -0.1) is 0 Å². The molecule has 1 aliphatic rings. The van der Waals surface area contributed by atoms with Crippen LogP contribution in [0.2, 0.25) is 0 Å². The first kappa shape index (κ1) is 11.8. The lowest BCUT2D eigenvalue weighted by molar-refractivity contribution is 0.0273. The number of amides is 1. The molecule has 4 nitrogen and oxygen atoms in total. The van der Waals surface area contributed by atoms with Crippen molar-refractivity contribution in [1.29, 1.82) is 5.26 Å². The van der Waals surface area contributed by atoms with Crippen molar-refractivity contribution in [3.05, 3.63) is 0 Å². The molecule has 0 N–H and O–H groups in total. The highest BCUT2D eigenvalue weighted by Crippen LogP contribution is 2.25. The van der Waals surface area contributed by atoms with E-state index in [1.165, 1.54) is 4.90 Å². The highest BCUT2D eigenvalue weighted by molar-refractivity contribution is 5.68. The van der Waals surface area contributed by atoms with E-state index in [0.717, 1.165) is 0 Å². The minimum Gasteiger partial charge on any atom is -0.444 e. The number of carbonyl (C=O) groups excluding carboxylic acids is 1. The van der Waals surface area contributed by atoms with E-state index in [1.54, 1.807) is 26.8 Å². The van der Waals surface area contributed by atoms with Crippen LogP contribution in [-0.4, -0.2) is 35.4 Å². The number of carbonyl (C=O) groups is 1. The molecule has 1 saturated heterocycles. The zero-order chi connectivity index (χ0) is 11.7. The first-order valence-electron chi connectivity index (χ1n) is 4.84. The van der Waals surface area contributed by atoms with Crippen molar-refractivity contribution in [2.45, 2.75) is 38.5 Å². The first-order valence-corrected chi connectivity index (χ1v) is 4.84. The Bertz CT molecular complexity index is 306. The predicted molar refractivity (Wildman–Crippen MR) is 51.9 cm³/mol. The molecule has 1 atom stereocenters. The summed E-state index contributed by atoms with van der Waals surface area (Å²) < 4.78 is 18.5. The Balaban J connectivity index is 2.56. The van der Waals surface area contributed by atoms with Crippen molar-refractivity contribution in [3.63, 3.8) is 0 Å². The Morgan fingerprint density at radius 1 is 1.60 bits per heavy atom. The Kier molecular flexibility index (Phi) is 2.89. The van der Waals surface area contributed by atoms with Gasteiger partial charge in [0.05, 0.1) is 6.54 Å². The van der Waals surface area contributed by atoms with E-state index in [1.807, 2.05) is 0 Å². The summed E-state index contributed by atoms with van der Waals surface area (Å²) in [5.74, 6) is 0. The van der Waals surface area contributed by atoms with Crippen LogP contribution in [0, 0.1) is 11.3 Å². The molecule has 0 aromatic heterocycles. The topological polar surface area (TPSA) is 53.3 Å². The quantitative estimate of drug-likeness (QED) is 0.618. The molecule has 84 valence electrons. The Morgan fingerprint density at radius 2 is 2.20 bits per heavy atom. The number of likely N-dealkylation sites (tertiary alicyclic amines) is 1. The Hall–Kier alpha value is -1.31. The second kappa shape index (κ2) is 3.69. The minimum atomic E-state index is -1.91. The third-order valence-electron chi connectivity index (χ3n) is 2.07. The number of nitriles is 1. The summed E-state index contributed by atoms with van der Waals surface area (Å²) in [6.45, 7) is 5.27. The van der Waals surface area contributed by atoms with E-state index in [0.29, 0.717) is 0 Å². The number of hydrogen-bond acceptors (Lipinski definition) is 3. The molecule has 0 aliphatic carbocycles. The lowest BCUT2D eigenvalue weighted by Crippen LogP contribution is -2.37.